The number of carbonyl (C=O) groups excluding carboxylic acids is 1. The van der Waals surface area contributed by atoms with Gasteiger partial charge in [-0.3, -0.25) is 4.79 Å². The van der Waals surface area contributed by atoms with Crippen LogP contribution < -0.4 is 5.32 Å². The Balaban J connectivity index is 1.38. The zero-order valence-corrected chi connectivity index (χ0v) is 14.1. The molecular formula is C19H22N4O2. The third-order valence-electron chi connectivity index (χ3n) is 4.78. The molecule has 1 saturated heterocycles. The number of hydrogen-bond donors (Lipinski definition) is 1. The standard InChI is InChI=1S/C19H22N4O2/c24-18(23-7-3-4-8-25-13-23)16-11-20-19(21-12-16)22-17-9-14-5-1-2-6-15(14)10-17/h1-2,5-6,11-12,17H,3-4,7-10,13H2,(H,20,21,22). The molecule has 0 unspecified atom stereocenters. The first-order chi connectivity index (χ1) is 12.3. The Hall–Kier alpha value is -2.47. The zero-order valence-electron chi connectivity index (χ0n) is 14.1. The van der Waals surface area contributed by atoms with Crippen molar-refractivity contribution in [1.29, 1.82) is 0 Å². The second-order valence-electron chi connectivity index (χ2n) is 6.63. The van der Waals surface area contributed by atoms with Crippen molar-refractivity contribution >= 4 is 11.9 Å². The van der Waals surface area contributed by atoms with Gasteiger partial charge in [-0.25, -0.2) is 9.97 Å². The molecule has 25 heavy (non-hydrogen) atoms. The predicted octanol–water partition coefficient (Wildman–Crippen LogP) is 2.27. The molecule has 1 aromatic carbocycles. The molecule has 0 radical (unpaired) electrons. The van der Waals surface area contributed by atoms with Gasteiger partial charge in [-0.05, 0) is 36.8 Å². The molecule has 0 atom stereocenters. The average molecular weight is 338 g/mol. The zero-order chi connectivity index (χ0) is 17.1. The third-order valence-corrected chi connectivity index (χ3v) is 4.78. The SMILES string of the molecule is O=C(c1cnc(NC2Cc3ccccc3C2)nc1)N1CCCCOC1. The Morgan fingerprint density at radius 2 is 1.84 bits per heavy atom. The van der Waals surface area contributed by atoms with Gasteiger partial charge in [-0.1, -0.05) is 24.3 Å². The molecule has 1 fully saturated rings. The third kappa shape index (κ3) is 3.64. The Morgan fingerprint density at radius 3 is 2.56 bits per heavy atom. The number of hydrogen-bond acceptors (Lipinski definition) is 5. The molecule has 1 N–H and O–H groups in total. The van der Waals surface area contributed by atoms with Crippen molar-refractivity contribution in [3.05, 3.63) is 53.3 Å². The predicted molar refractivity (Wildman–Crippen MR) is 94.4 cm³/mol. The van der Waals surface area contributed by atoms with Crippen LogP contribution in [0.25, 0.3) is 0 Å². The maximum absolute atomic E-state index is 12.5. The second kappa shape index (κ2) is 7.19. The highest BCUT2D eigenvalue weighted by atomic mass is 16.5. The lowest BCUT2D eigenvalue weighted by molar-refractivity contribution is 0.0368. The fraction of sp³-hybridized carbons (Fsp3) is 0.421. The van der Waals surface area contributed by atoms with Crippen LogP contribution in [-0.2, 0) is 17.6 Å². The summed E-state index contributed by atoms with van der Waals surface area (Å²) in [6.07, 6.45) is 7.12. The van der Waals surface area contributed by atoms with Crippen molar-refractivity contribution in [3.8, 4) is 0 Å². The number of fused-ring (bicyclic) bond motifs is 1. The molecule has 4 rings (SSSR count). The van der Waals surface area contributed by atoms with Crippen LogP contribution in [0.4, 0.5) is 5.95 Å². The van der Waals surface area contributed by atoms with Gasteiger partial charge in [0.05, 0.1) is 5.56 Å². The van der Waals surface area contributed by atoms with Gasteiger partial charge in [0.15, 0.2) is 0 Å². The lowest BCUT2D eigenvalue weighted by Gasteiger charge is -2.19. The number of amides is 1. The van der Waals surface area contributed by atoms with E-state index in [1.165, 1.54) is 11.1 Å². The summed E-state index contributed by atoms with van der Waals surface area (Å²) >= 11 is 0. The summed E-state index contributed by atoms with van der Waals surface area (Å²) in [6.45, 7) is 1.78. The number of ether oxygens (including phenoxy) is 1. The minimum atomic E-state index is -0.0679. The Labute approximate surface area is 147 Å². The van der Waals surface area contributed by atoms with Crippen LogP contribution >= 0.6 is 0 Å². The van der Waals surface area contributed by atoms with Crippen LogP contribution in [0.1, 0.15) is 34.3 Å². The van der Waals surface area contributed by atoms with Crippen LogP contribution in [0, 0.1) is 0 Å². The second-order valence-corrected chi connectivity index (χ2v) is 6.63. The van der Waals surface area contributed by atoms with Crippen molar-refractivity contribution in [1.82, 2.24) is 14.9 Å². The number of carbonyl (C=O) groups is 1. The van der Waals surface area contributed by atoms with Gasteiger partial charge in [-0.2, -0.15) is 0 Å². The molecule has 6 heteroatoms. The Bertz CT molecular complexity index is 714. The van der Waals surface area contributed by atoms with Crippen molar-refractivity contribution in [2.75, 3.05) is 25.2 Å². The summed E-state index contributed by atoms with van der Waals surface area (Å²) < 4.78 is 5.44. The van der Waals surface area contributed by atoms with Gasteiger partial charge in [-0.15, -0.1) is 0 Å². The molecule has 0 bridgehead atoms. The number of benzene rings is 1. The van der Waals surface area contributed by atoms with Crippen molar-refractivity contribution in [3.63, 3.8) is 0 Å². The highest BCUT2D eigenvalue weighted by Gasteiger charge is 2.22. The van der Waals surface area contributed by atoms with Gasteiger partial charge < -0.3 is 15.0 Å². The minimum absolute atomic E-state index is 0.0679. The molecule has 2 aliphatic rings. The monoisotopic (exact) mass is 338 g/mol. The normalized spacial score (nSPS) is 17.8. The highest BCUT2D eigenvalue weighted by molar-refractivity contribution is 5.93. The fourth-order valence-electron chi connectivity index (χ4n) is 3.45. The summed E-state index contributed by atoms with van der Waals surface area (Å²) in [7, 11) is 0. The number of nitrogens with one attached hydrogen (secondary N) is 1. The summed E-state index contributed by atoms with van der Waals surface area (Å²) in [5, 5.41) is 3.37. The Kier molecular flexibility index (Phi) is 4.61. The average Bonchev–Trinajstić information content (AvgIpc) is 2.86. The van der Waals surface area contributed by atoms with Crippen molar-refractivity contribution in [2.24, 2.45) is 0 Å². The lowest BCUT2D eigenvalue weighted by atomic mass is 10.1. The quantitative estimate of drug-likeness (QED) is 0.930. The van der Waals surface area contributed by atoms with Gasteiger partial charge in [0.1, 0.15) is 6.73 Å². The molecular weight excluding hydrogens is 316 g/mol. The highest BCUT2D eigenvalue weighted by Crippen LogP contribution is 2.23. The first-order valence-corrected chi connectivity index (χ1v) is 8.82. The number of nitrogens with zero attached hydrogens (tertiary/aromatic N) is 3. The van der Waals surface area contributed by atoms with Crippen molar-refractivity contribution < 1.29 is 9.53 Å². The molecule has 1 aromatic heterocycles. The van der Waals surface area contributed by atoms with Crippen molar-refractivity contribution in [2.45, 2.75) is 31.7 Å². The van der Waals surface area contributed by atoms with E-state index in [9.17, 15) is 4.79 Å². The van der Waals surface area contributed by atoms with Gasteiger partial charge in [0.2, 0.25) is 5.95 Å². The summed E-state index contributed by atoms with van der Waals surface area (Å²) in [5.74, 6) is 0.503. The summed E-state index contributed by atoms with van der Waals surface area (Å²) in [5.41, 5.74) is 3.27. The molecule has 2 heterocycles. The molecule has 0 saturated carbocycles. The molecule has 6 nitrogen and oxygen atoms in total. The van der Waals surface area contributed by atoms with E-state index in [1.54, 1.807) is 17.3 Å². The fourth-order valence-corrected chi connectivity index (χ4v) is 3.45. The van der Waals surface area contributed by atoms with Gasteiger partial charge in [0.25, 0.3) is 5.91 Å². The first-order valence-electron chi connectivity index (χ1n) is 8.82. The minimum Gasteiger partial charge on any atom is -0.361 e. The van der Waals surface area contributed by atoms with E-state index in [0.29, 0.717) is 30.9 Å². The maximum Gasteiger partial charge on any atom is 0.258 e. The van der Waals surface area contributed by atoms with Crippen LogP contribution in [0.2, 0.25) is 0 Å². The number of rotatable bonds is 3. The summed E-state index contributed by atoms with van der Waals surface area (Å²) in [6, 6.07) is 8.79. The van der Waals surface area contributed by atoms with Crippen LogP contribution in [0.15, 0.2) is 36.7 Å². The van der Waals surface area contributed by atoms with E-state index < -0.39 is 0 Å². The Morgan fingerprint density at radius 1 is 1.12 bits per heavy atom. The van der Waals surface area contributed by atoms with E-state index in [2.05, 4.69) is 39.6 Å². The largest absolute Gasteiger partial charge is 0.361 e. The smallest absolute Gasteiger partial charge is 0.258 e. The van der Waals surface area contributed by atoms with E-state index in [4.69, 9.17) is 4.74 Å². The first kappa shape index (κ1) is 16.0. The van der Waals surface area contributed by atoms with E-state index in [0.717, 1.165) is 32.2 Å². The molecule has 130 valence electrons. The molecule has 0 spiro atoms. The van der Waals surface area contributed by atoms with Gasteiger partial charge >= 0.3 is 0 Å². The number of anilines is 1. The topological polar surface area (TPSA) is 67.4 Å². The molecule has 2 aromatic rings. The van der Waals surface area contributed by atoms with Crippen LogP contribution in [0.5, 0.6) is 0 Å². The van der Waals surface area contributed by atoms with E-state index >= 15 is 0 Å². The molecule has 1 amide bonds. The number of aromatic nitrogens is 2. The van der Waals surface area contributed by atoms with Gasteiger partial charge in [0, 0.05) is 31.6 Å². The van der Waals surface area contributed by atoms with Crippen LogP contribution in [0.3, 0.4) is 0 Å². The molecule has 1 aliphatic heterocycles. The van der Waals surface area contributed by atoms with E-state index in [1.807, 2.05) is 0 Å². The summed E-state index contributed by atoms with van der Waals surface area (Å²) in [4.78, 5) is 22.9. The lowest BCUT2D eigenvalue weighted by Crippen LogP contribution is -2.33. The van der Waals surface area contributed by atoms with Crippen LogP contribution in [-0.4, -0.2) is 46.7 Å². The molecule has 1 aliphatic carbocycles. The van der Waals surface area contributed by atoms with E-state index in [-0.39, 0.29) is 5.91 Å². The maximum atomic E-state index is 12.5.